The van der Waals surface area contributed by atoms with Gasteiger partial charge in [0.15, 0.2) is 0 Å². The van der Waals surface area contributed by atoms with E-state index in [0.717, 1.165) is 22.4 Å². The highest BCUT2D eigenvalue weighted by Gasteiger charge is 2.38. The highest BCUT2D eigenvalue weighted by molar-refractivity contribution is 6.00. The normalized spacial score (nSPS) is 17.6. The molecule has 4 rings (SSSR count). The molecule has 2 heterocycles. The molecule has 0 N–H and O–H groups in total. The van der Waals surface area contributed by atoms with Crippen molar-refractivity contribution in [2.45, 2.75) is 19.4 Å². The SMILES string of the molecule is COc1cccc(N2C[C@H](C(=O)N(C)[C@H](C)c3cc4ccccc4o3)CC2=O)c1. The average Bonchev–Trinajstić information content (AvgIpc) is 3.35. The Morgan fingerprint density at radius 1 is 1.21 bits per heavy atom. The van der Waals surface area contributed by atoms with Crippen LogP contribution in [0.4, 0.5) is 5.69 Å². The number of hydrogen-bond donors (Lipinski definition) is 0. The van der Waals surface area contributed by atoms with Crippen LogP contribution >= 0.6 is 0 Å². The minimum atomic E-state index is -0.384. The molecule has 2 amide bonds. The predicted molar refractivity (Wildman–Crippen MR) is 111 cm³/mol. The van der Waals surface area contributed by atoms with Crippen molar-refractivity contribution in [1.29, 1.82) is 0 Å². The number of hydrogen-bond acceptors (Lipinski definition) is 4. The maximum Gasteiger partial charge on any atom is 0.228 e. The second-order valence-corrected chi connectivity index (χ2v) is 7.42. The lowest BCUT2D eigenvalue weighted by Gasteiger charge is -2.26. The third-order valence-electron chi connectivity index (χ3n) is 5.62. The van der Waals surface area contributed by atoms with Crippen LogP contribution in [0.15, 0.2) is 59.0 Å². The monoisotopic (exact) mass is 392 g/mol. The summed E-state index contributed by atoms with van der Waals surface area (Å²) >= 11 is 0. The quantitative estimate of drug-likeness (QED) is 0.658. The fraction of sp³-hybridized carbons (Fsp3) is 0.304. The van der Waals surface area contributed by atoms with Crippen LogP contribution in [0, 0.1) is 5.92 Å². The number of carbonyl (C=O) groups is 2. The molecule has 1 saturated heterocycles. The lowest BCUT2D eigenvalue weighted by Crippen LogP contribution is -2.36. The zero-order valence-corrected chi connectivity index (χ0v) is 16.8. The average molecular weight is 392 g/mol. The molecule has 0 bridgehead atoms. The van der Waals surface area contributed by atoms with E-state index in [1.54, 1.807) is 24.0 Å². The minimum Gasteiger partial charge on any atom is -0.497 e. The van der Waals surface area contributed by atoms with Gasteiger partial charge in [0.05, 0.1) is 19.1 Å². The van der Waals surface area contributed by atoms with Crippen LogP contribution in [-0.2, 0) is 9.59 Å². The van der Waals surface area contributed by atoms with Gasteiger partial charge in [-0.1, -0.05) is 24.3 Å². The van der Waals surface area contributed by atoms with E-state index in [2.05, 4.69) is 0 Å². The number of fused-ring (bicyclic) bond motifs is 1. The van der Waals surface area contributed by atoms with Crippen LogP contribution in [0.25, 0.3) is 11.0 Å². The van der Waals surface area contributed by atoms with Crippen molar-refractivity contribution in [3.05, 3.63) is 60.4 Å². The highest BCUT2D eigenvalue weighted by atomic mass is 16.5. The van der Waals surface area contributed by atoms with Gasteiger partial charge in [-0.2, -0.15) is 0 Å². The summed E-state index contributed by atoms with van der Waals surface area (Å²) in [5.74, 6) is 0.917. The number of rotatable bonds is 5. The van der Waals surface area contributed by atoms with Gasteiger partial charge in [-0.05, 0) is 31.2 Å². The summed E-state index contributed by atoms with van der Waals surface area (Å²) in [4.78, 5) is 29.0. The number of para-hydroxylation sites is 1. The lowest BCUT2D eigenvalue weighted by atomic mass is 10.1. The summed E-state index contributed by atoms with van der Waals surface area (Å²) < 4.78 is 11.2. The number of amides is 2. The molecule has 6 nitrogen and oxygen atoms in total. The maximum atomic E-state index is 13.1. The van der Waals surface area contributed by atoms with E-state index in [1.807, 2.05) is 61.5 Å². The van der Waals surface area contributed by atoms with E-state index in [1.165, 1.54) is 0 Å². The fourth-order valence-corrected chi connectivity index (χ4v) is 3.78. The van der Waals surface area contributed by atoms with Crippen LogP contribution in [0.1, 0.15) is 25.1 Å². The van der Waals surface area contributed by atoms with Gasteiger partial charge >= 0.3 is 0 Å². The van der Waals surface area contributed by atoms with E-state index < -0.39 is 0 Å². The van der Waals surface area contributed by atoms with Gasteiger partial charge in [-0.25, -0.2) is 0 Å². The number of anilines is 1. The summed E-state index contributed by atoms with van der Waals surface area (Å²) in [6, 6.07) is 16.8. The lowest BCUT2D eigenvalue weighted by molar-refractivity contribution is -0.136. The molecule has 0 unspecified atom stereocenters. The molecule has 1 aliphatic heterocycles. The van der Waals surface area contributed by atoms with Crippen LogP contribution in [0.5, 0.6) is 5.75 Å². The molecular formula is C23H24N2O4. The zero-order valence-electron chi connectivity index (χ0n) is 16.8. The van der Waals surface area contributed by atoms with Crippen molar-refractivity contribution in [2.24, 2.45) is 5.92 Å². The Hall–Kier alpha value is -3.28. The maximum absolute atomic E-state index is 13.1. The largest absolute Gasteiger partial charge is 0.497 e. The topological polar surface area (TPSA) is 63.0 Å². The molecule has 0 radical (unpaired) electrons. The van der Waals surface area contributed by atoms with Gasteiger partial charge in [0.2, 0.25) is 11.8 Å². The van der Waals surface area contributed by atoms with Gasteiger partial charge in [0, 0.05) is 37.2 Å². The Morgan fingerprint density at radius 2 is 2.00 bits per heavy atom. The van der Waals surface area contributed by atoms with Crippen molar-refractivity contribution >= 4 is 28.5 Å². The Kier molecular flexibility index (Phi) is 5.01. The molecule has 0 saturated carbocycles. The van der Waals surface area contributed by atoms with Crippen molar-refractivity contribution in [1.82, 2.24) is 4.90 Å². The van der Waals surface area contributed by atoms with Gasteiger partial charge in [0.25, 0.3) is 0 Å². The van der Waals surface area contributed by atoms with E-state index in [-0.39, 0.29) is 30.2 Å². The summed E-state index contributed by atoms with van der Waals surface area (Å²) in [6.45, 7) is 2.30. The summed E-state index contributed by atoms with van der Waals surface area (Å²) in [5, 5.41) is 1.01. The molecule has 29 heavy (non-hydrogen) atoms. The van der Waals surface area contributed by atoms with Gasteiger partial charge in [0.1, 0.15) is 17.1 Å². The van der Waals surface area contributed by atoms with Crippen LogP contribution in [0.3, 0.4) is 0 Å². The van der Waals surface area contributed by atoms with Crippen LogP contribution in [0.2, 0.25) is 0 Å². The number of nitrogens with zero attached hydrogens (tertiary/aromatic N) is 2. The third kappa shape index (κ3) is 3.58. The second kappa shape index (κ2) is 7.62. The molecule has 150 valence electrons. The van der Waals surface area contributed by atoms with Gasteiger partial charge in [-0.15, -0.1) is 0 Å². The molecular weight excluding hydrogens is 368 g/mol. The van der Waals surface area contributed by atoms with Crippen molar-refractivity contribution < 1.29 is 18.7 Å². The van der Waals surface area contributed by atoms with E-state index in [9.17, 15) is 9.59 Å². The third-order valence-corrected chi connectivity index (χ3v) is 5.62. The second-order valence-electron chi connectivity index (χ2n) is 7.42. The summed E-state index contributed by atoms with van der Waals surface area (Å²) in [7, 11) is 3.35. The zero-order chi connectivity index (χ0) is 20.5. The molecule has 2 atom stereocenters. The van der Waals surface area contributed by atoms with Crippen LogP contribution < -0.4 is 9.64 Å². The number of furan rings is 1. The predicted octanol–water partition coefficient (Wildman–Crippen LogP) is 4.01. The molecule has 1 aromatic heterocycles. The van der Waals surface area contributed by atoms with E-state index in [0.29, 0.717) is 12.3 Å². The molecule has 1 aliphatic rings. The van der Waals surface area contributed by atoms with Gasteiger partial charge in [-0.3, -0.25) is 9.59 Å². The standard InChI is InChI=1S/C23H24N2O4/c1-15(21-11-16-7-4-5-10-20(16)29-21)24(2)23(27)17-12-22(26)25(14-17)18-8-6-9-19(13-18)28-3/h4-11,13,15,17H,12,14H2,1-3H3/t15-,17-/m1/s1. The molecule has 1 fully saturated rings. The fourth-order valence-electron chi connectivity index (χ4n) is 3.78. The molecule has 0 spiro atoms. The Morgan fingerprint density at radius 3 is 2.76 bits per heavy atom. The summed E-state index contributed by atoms with van der Waals surface area (Å²) in [6.07, 6.45) is 0.202. The van der Waals surface area contributed by atoms with Crippen molar-refractivity contribution in [2.75, 3.05) is 25.6 Å². The summed E-state index contributed by atoms with van der Waals surface area (Å²) in [5.41, 5.74) is 1.55. The molecule has 2 aromatic carbocycles. The molecule has 3 aromatic rings. The van der Waals surface area contributed by atoms with E-state index in [4.69, 9.17) is 9.15 Å². The first kappa shape index (κ1) is 19.1. The smallest absolute Gasteiger partial charge is 0.228 e. The Labute approximate surface area is 169 Å². The van der Waals surface area contributed by atoms with Crippen molar-refractivity contribution in [3.8, 4) is 5.75 Å². The Bertz CT molecular complexity index is 1020. The minimum absolute atomic E-state index is 0.0543. The first-order chi connectivity index (χ1) is 14.0. The number of benzene rings is 2. The first-order valence-corrected chi connectivity index (χ1v) is 9.67. The van der Waals surface area contributed by atoms with Crippen LogP contribution in [-0.4, -0.2) is 37.4 Å². The number of ether oxygens (including phenoxy) is 1. The number of carbonyl (C=O) groups excluding carboxylic acids is 2. The van der Waals surface area contributed by atoms with E-state index >= 15 is 0 Å². The molecule has 6 heteroatoms. The first-order valence-electron chi connectivity index (χ1n) is 9.67. The molecule has 0 aliphatic carbocycles. The highest BCUT2D eigenvalue weighted by Crippen LogP contribution is 2.31. The van der Waals surface area contributed by atoms with Gasteiger partial charge < -0.3 is 19.0 Å². The van der Waals surface area contributed by atoms with Crippen molar-refractivity contribution in [3.63, 3.8) is 0 Å². The Balaban J connectivity index is 1.49. The number of methoxy groups -OCH3 is 1.